The maximum absolute atomic E-state index is 12.6. The van der Waals surface area contributed by atoms with Crippen molar-refractivity contribution in [2.75, 3.05) is 13.1 Å². The van der Waals surface area contributed by atoms with Gasteiger partial charge in [-0.05, 0) is 25.0 Å². The number of hydrogen-bond donors (Lipinski definition) is 1. The number of carbonyl (C=O) groups excluding carboxylic acids is 1. The van der Waals surface area contributed by atoms with Crippen LogP contribution < -0.4 is 5.56 Å². The number of aromatic nitrogens is 5. The summed E-state index contributed by atoms with van der Waals surface area (Å²) >= 11 is 12.6. The molecule has 0 aliphatic carbocycles. The van der Waals surface area contributed by atoms with Crippen LogP contribution in [0.5, 0.6) is 0 Å². The summed E-state index contributed by atoms with van der Waals surface area (Å²) in [5, 5.41) is 9.08. The predicted molar refractivity (Wildman–Crippen MR) is 115 cm³/mol. The molecule has 0 radical (unpaired) electrons. The van der Waals surface area contributed by atoms with Gasteiger partial charge in [0.15, 0.2) is 11.2 Å². The van der Waals surface area contributed by atoms with Crippen molar-refractivity contribution in [3.05, 3.63) is 50.0 Å². The predicted octanol–water partition coefficient (Wildman–Crippen LogP) is 3.23. The van der Waals surface area contributed by atoms with E-state index in [-0.39, 0.29) is 35.4 Å². The summed E-state index contributed by atoms with van der Waals surface area (Å²) in [5.41, 5.74) is 0.867. The number of nitrogens with one attached hydrogen (secondary N) is 1. The van der Waals surface area contributed by atoms with Crippen LogP contribution in [0, 0.1) is 5.92 Å². The largest absolute Gasteiger partial charge is 0.342 e. The first-order chi connectivity index (χ1) is 14.3. The van der Waals surface area contributed by atoms with Gasteiger partial charge in [0.1, 0.15) is 5.82 Å². The molecular weight excluding hydrogens is 427 g/mol. The molecule has 158 valence electrons. The summed E-state index contributed by atoms with van der Waals surface area (Å²) in [6.45, 7) is 5.28. The van der Waals surface area contributed by atoms with Crippen molar-refractivity contribution in [2.45, 2.75) is 39.2 Å². The van der Waals surface area contributed by atoms with Gasteiger partial charge in [-0.2, -0.15) is 0 Å². The molecule has 10 heteroatoms. The van der Waals surface area contributed by atoms with Gasteiger partial charge in [0.05, 0.1) is 6.54 Å². The van der Waals surface area contributed by atoms with E-state index < -0.39 is 0 Å². The molecular formula is C20H22Cl2N6O2. The van der Waals surface area contributed by atoms with Crippen LogP contribution in [-0.4, -0.2) is 48.9 Å². The highest BCUT2D eigenvalue weighted by Gasteiger charge is 2.28. The summed E-state index contributed by atoms with van der Waals surface area (Å²) < 4.78 is 1.53. The van der Waals surface area contributed by atoms with E-state index in [9.17, 15) is 9.59 Å². The average molecular weight is 449 g/mol. The standard InChI is InChI=1S/C20H22Cl2N6O2/c1-11(2)20(30)27-8-4-5-12(9-27)17-23-18-16(19(29)24-17)25-26-28(18)10-13-14(21)6-3-7-15(13)22/h3,6-7,11-12H,4-5,8-10H2,1-2H3,(H,23,24,29). The summed E-state index contributed by atoms with van der Waals surface area (Å²) in [6.07, 6.45) is 1.70. The number of halogens is 2. The van der Waals surface area contributed by atoms with Crippen LogP contribution in [0.15, 0.2) is 23.0 Å². The van der Waals surface area contributed by atoms with Gasteiger partial charge in [0.2, 0.25) is 5.91 Å². The van der Waals surface area contributed by atoms with E-state index in [0.717, 1.165) is 19.4 Å². The Labute approximate surface area is 183 Å². The Bertz CT molecular complexity index is 1140. The second kappa shape index (κ2) is 8.35. The number of aromatic amines is 1. The molecule has 1 saturated heterocycles. The normalized spacial score (nSPS) is 17.1. The fourth-order valence-electron chi connectivity index (χ4n) is 3.78. The van der Waals surface area contributed by atoms with Gasteiger partial charge in [0.25, 0.3) is 5.56 Å². The van der Waals surface area contributed by atoms with Crippen LogP contribution in [0.2, 0.25) is 10.0 Å². The molecule has 1 N–H and O–H groups in total. The monoisotopic (exact) mass is 448 g/mol. The zero-order valence-corrected chi connectivity index (χ0v) is 18.2. The Morgan fingerprint density at radius 1 is 1.30 bits per heavy atom. The first kappa shape index (κ1) is 20.8. The van der Waals surface area contributed by atoms with E-state index in [2.05, 4.69) is 20.3 Å². The van der Waals surface area contributed by atoms with Gasteiger partial charge >= 0.3 is 0 Å². The number of hydrogen-bond acceptors (Lipinski definition) is 5. The first-order valence-electron chi connectivity index (χ1n) is 9.90. The average Bonchev–Trinajstić information content (AvgIpc) is 3.13. The van der Waals surface area contributed by atoms with Gasteiger partial charge in [-0.15, -0.1) is 5.10 Å². The molecule has 30 heavy (non-hydrogen) atoms. The number of amides is 1. The minimum absolute atomic E-state index is 0.0502. The number of benzene rings is 1. The lowest BCUT2D eigenvalue weighted by molar-refractivity contribution is -0.135. The van der Waals surface area contributed by atoms with E-state index in [1.165, 1.54) is 4.68 Å². The van der Waals surface area contributed by atoms with Crippen molar-refractivity contribution in [2.24, 2.45) is 5.92 Å². The highest BCUT2D eigenvalue weighted by molar-refractivity contribution is 6.36. The van der Waals surface area contributed by atoms with Gasteiger partial charge < -0.3 is 9.88 Å². The molecule has 0 spiro atoms. The molecule has 0 bridgehead atoms. The molecule has 3 aromatic rings. The molecule has 1 amide bonds. The third-order valence-corrected chi connectivity index (χ3v) is 6.08. The number of fused-ring (bicyclic) bond motifs is 1. The molecule has 2 aromatic heterocycles. The number of rotatable bonds is 4. The van der Waals surface area contributed by atoms with Crippen molar-refractivity contribution >= 4 is 40.3 Å². The van der Waals surface area contributed by atoms with Gasteiger partial charge in [0, 0.05) is 40.5 Å². The molecule has 4 rings (SSSR count). The molecule has 1 atom stereocenters. The molecule has 8 nitrogen and oxygen atoms in total. The Balaban J connectivity index is 1.69. The molecule has 0 saturated carbocycles. The smallest absolute Gasteiger partial charge is 0.281 e. The Hall–Kier alpha value is -2.45. The van der Waals surface area contributed by atoms with Crippen LogP contribution in [0.25, 0.3) is 11.2 Å². The molecule has 1 unspecified atom stereocenters. The molecule has 1 aromatic carbocycles. The van der Waals surface area contributed by atoms with Gasteiger partial charge in [-0.25, -0.2) is 9.67 Å². The number of likely N-dealkylation sites (tertiary alicyclic amines) is 1. The van der Waals surface area contributed by atoms with Crippen molar-refractivity contribution in [1.82, 2.24) is 29.9 Å². The summed E-state index contributed by atoms with van der Waals surface area (Å²) in [6, 6.07) is 5.26. The van der Waals surface area contributed by atoms with Crippen molar-refractivity contribution in [3.8, 4) is 0 Å². The van der Waals surface area contributed by atoms with Crippen LogP contribution in [-0.2, 0) is 11.3 Å². The lowest BCUT2D eigenvalue weighted by atomic mass is 9.96. The summed E-state index contributed by atoms with van der Waals surface area (Å²) in [5.74, 6) is 0.542. The van der Waals surface area contributed by atoms with E-state index >= 15 is 0 Å². The highest BCUT2D eigenvalue weighted by Crippen LogP contribution is 2.27. The number of carbonyl (C=O) groups is 1. The zero-order chi connectivity index (χ0) is 21.4. The van der Waals surface area contributed by atoms with E-state index in [1.807, 2.05) is 18.7 Å². The quantitative estimate of drug-likeness (QED) is 0.660. The Morgan fingerprint density at radius 3 is 2.73 bits per heavy atom. The number of piperidine rings is 1. The third-order valence-electron chi connectivity index (χ3n) is 5.38. The zero-order valence-electron chi connectivity index (χ0n) is 16.7. The van der Waals surface area contributed by atoms with Crippen molar-refractivity contribution in [3.63, 3.8) is 0 Å². The maximum Gasteiger partial charge on any atom is 0.281 e. The van der Waals surface area contributed by atoms with Gasteiger partial charge in [-0.3, -0.25) is 9.59 Å². The van der Waals surface area contributed by atoms with Crippen LogP contribution in [0.1, 0.15) is 44.0 Å². The Kier molecular flexibility index (Phi) is 5.79. The third kappa shape index (κ3) is 3.94. The van der Waals surface area contributed by atoms with Crippen LogP contribution in [0.4, 0.5) is 0 Å². The lowest BCUT2D eigenvalue weighted by Gasteiger charge is -2.33. The van der Waals surface area contributed by atoms with Crippen molar-refractivity contribution < 1.29 is 4.79 Å². The molecule has 1 aliphatic rings. The minimum Gasteiger partial charge on any atom is -0.342 e. The van der Waals surface area contributed by atoms with E-state index in [4.69, 9.17) is 23.2 Å². The van der Waals surface area contributed by atoms with Gasteiger partial charge in [-0.1, -0.05) is 48.3 Å². The van der Waals surface area contributed by atoms with E-state index in [0.29, 0.717) is 33.6 Å². The number of nitrogens with zero attached hydrogens (tertiary/aromatic N) is 5. The minimum atomic E-state index is -0.348. The van der Waals surface area contributed by atoms with Crippen LogP contribution >= 0.6 is 23.2 Å². The lowest BCUT2D eigenvalue weighted by Crippen LogP contribution is -2.41. The van der Waals surface area contributed by atoms with Crippen molar-refractivity contribution in [1.29, 1.82) is 0 Å². The highest BCUT2D eigenvalue weighted by atomic mass is 35.5. The summed E-state index contributed by atoms with van der Waals surface area (Å²) in [4.78, 5) is 34.4. The molecule has 1 fully saturated rings. The second-order valence-electron chi connectivity index (χ2n) is 7.85. The van der Waals surface area contributed by atoms with E-state index in [1.54, 1.807) is 18.2 Å². The SMILES string of the molecule is CC(C)C(=O)N1CCCC(c2nc3c(nnn3Cc3c(Cl)cccc3Cl)c(=O)[nH]2)C1. The fourth-order valence-corrected chi connectivity index (χ4v) is 4.30. The first-order valence-corrected chi connectivity index (χ1v) is 10.7. The topological polar surface area (TPSA) is 96.8 Å². The number of H-pyrrole nitrogens is 1. The fraction of sp³-hybridized carbons (Fsp3) is 0.450. The molecule has 3 heterocycles. The molecule has 1 aliphatic heterocycles. The second-order valence-corrected chi connectivity index (χ2v) is 8.66. The van der Waals surface area contributed by atoms with Crippen LogP contribution in [0.3, 0.4) is 0 Å². The maximum atomic E-state index is 12.6. The summed E-state index contributed by atoms with van der Waals surface area (Å²) in [7, 11) is 0. The Morgan fingerprint density at radius 2 is 2.03 bits per heavy atom.